The van der Waals surface area contributed by atoms with Crippen LogP contribution in [-0.2, 0) is 0 Å². The van der Waals surface area contributed by atoms with Crippen molar-refractivity contribution in [1.29, 1.82) is 0 Å². The lowest BCUT2D eigenvalue weighted by molar-refractivity contribution is 1.26. The van der Waals surface area contributed by atoms with Gasteiger partial charge in [-0.3, -0.25) is 0 Å². The van der Waals surface area contributed by atoms with Crippen LogP contribution in [0.4, 0.5) is 17.1 Å². The van der Waals surface area contributed by atoms with E-state index < -0.39 is 0 Å². The smallest absolute Gasteiger partial charge is 0.390 e. The van der Waals surface area contributed by atoms with Gasteiger partial charge < -0.3 is 14.2 Å². The normalized spacial score (nSPS) is 15.3. The Kier molecular flexibility index (Phi) is 3.81. The SMILES string of the molecule is c1ccc2c(c1)B1N(B3c4ccccc4-c4cccc5c4N3B3c4c(cccc4-5)-c4ccccc4N13)c1ccccc1-2. The van der Waals surface area contributed by atoms with Crippen molar-refractivity contribution in [2.24, 2.45) is 0 Å². The summed E-state index contributed by atoms with van der Waals surface area (Å²) in [6.07, 6.45) is 0. The number of benzene rings is 6. The molecule has 42 heavy (non-hydrogen) atoms. The molecular weight excluding hydrogens is 507 g/mol. The number of fused-ring (bicyclic) bond motifs is 15. The summed E-state index contributed by atoms with van der Waals surface area (Å²) in [4.78, 5) is 0. The van der Waals surface area contributed by atoms with Crippen LogP contribution in [0.15, 0.2) is 133 Å². The number of hydrogen-bond acceptors (Lipinski definition) is 3. The van der Waals surface area contributed by atoms with E-state index in [4.69, 9.17) is 0 Å². The fourth-order valence-electron chi connectivity index (χ4n) is 8.81. The molecule has 1 saturated heterocycles. The third-order valence-corrected chi connectivity index (χ3v) is 10.2. The molecule has 0 radical (unpaired) electrons. The van der Waals surface area contributed by atoms with Gasteiger partial charge in [0, 0.05) is 39.3 Å². The van der Waals surface area contributed by atoms with Gasteiger partial charge in [0.05, 0.1) is 0 Å². The Balaban J connectivity index is 1.35. The Labute approximate surface area is 246 Å². The van der Waals surface area contributed by atoms with Crippen molar-refractivity contribution in [2.75, 3.05) is 14.2 Å². The maximum absolute atomic E-state index is 2.76. The highest BCUT2D eigenvalue weighted by Crippen LogP contribution is 2.53. The van der Waals surface area contributed by atoms with Gasteiger partial charge in [-0.1, -0.05) is 121 Å². The summed E-state index contributed by atoms with van der Waals surface area (Å²) in [5.41, 5.74) is 18.8. The van der Waals surface area contributed by atoms with Gasteiger partial charge in [0.2, 0.25) is 0 Å². The Morgan fingerprint density at radius 1 is 0.310 bits per heavy atom. The Hall–Kier alpha value is -5.09. The highest BCUT2D eigenvalue weighted by Gasteiger charge is 2.63. The van der Waals surface area contributed by atoms with E-state index in [1.54, 1.807) is 0 Å². The molecule has 3 nitrogen and oxygen atoms in total. The monoisotopic (exact) mass is 529 g/mol. The average Bonchev–Trinajstić information content (AvgIpc) is 3.07. The molecule has 0 saturated carbocycles. The molecule has 0 aliphatic carbocycles. The molecule has 190 valence electrons. The molecule has 5 aliphatic rings. The van der Waals surface area contributed by atoms with Crippen LogP contribution in [0.25, 0.3) is 44.5 Å². The number of anilines is 3. The van der Waals surface area contributed by atoms with Gasteiger partial charge in [0.1, 0.15) is 0 Å². The lowest BCUT2D eigenvalue weighted by Gasteiger charge is -2.62. The lowest BCUT2D eigenvalue weighted by Crippen LogP contribution is -2.89. The summed E-state index contributed by atoms with van der Waals surface area (Å²) in [5.74, 6) is 0. The molecule has 0 N–H and O–H groups in total. The van der Waals surface area contributed by atoms with Gasteiger partial charge in [-0.2, -0.15) is 0 Å². The third kappa shape index (κ3) is 2.34. The predicted molar refractivity (Wildman–Crippen MR) is 178 cm³/mol. The maximum Gasteiger partial charge on any atom is 0.390 e. The van der Waals surface area contributed by atoms with Crippen molar-refractivity contribution < 1.29 is 0 Å². The first-order chi connectivity index (χ1) is 20.9. The first-order valence-electron chi connectivity index (χ1n) is 14.9. The van der Waals surface area contributed by atoms with Crippen molar-refractivity contribution in [3.63, 3.8) is 0 Å². The highest BCUT2D eigenvalue weighted by molar-refractivity contribution is 7.17. The van der Waals surface area contributed by atoms with Crippen LogP contribution < -0.4 is 30.6 Å². The number of hydrogen-bond donors (Lipinski definition) is 0. The topological polar surface area (TPSA) is 9.72 Å². The summed E-state index contributed by atoms with van der Waals surface area (Å²) >= 11 is 0. The summed E-state index contributed by atoms with van der Waals surface area (Å²) in [6.45, 7) is 0.143. The Morgan fingerprint density at radius 3 is 1.38 bits per heavy atom. The maximum atomic E-state index is 2.76. The van der Waals surface area contributed by atoms with E-state index in [2.05, 4.69) is 148 Å². The molecular formula is C36H22B3N3. The second-order valence-corrected chi connectivity index (χ2v) is 12.0. The minimum Gasteiger partial charge on any atom is -0.416 e. The van der Waals surface area contributed by atoms with Crippen molar-refractivity contribution in [3.05, 3.63) is 133 Å². The molecule has 0 spiro atoms. The van der Waals surface area contributed by atoms with E-state index in [9.17, 15) is 0 Å². The molecule has 6 aromatic carbocycles. The first kappa shape index (κ1) is 21.6. The molecule has 11 rings (SSSR count). The van der Waals surface area contributed by atoms with Crippen LogP contribution in [0.5, 0.6) is 0 Å². The summed E-state index contributed by atoms with van der Waals surface area (Å²) in [5, 5.41) is 0. The van der Waals surface area contributed by atoms with Crippen molar-refractivity contribution in [1.82, 2.24) is 0 Å². The van der Waals surface area contributed by atoms with Gasteiger partial charge in [-0.25, -0.2) is 0 Å². The van der Waals surface area contributed by atoms with E-state index in [1.165, 1.54) is 78.0 Å². The number of para-hydroxylation sites is 3. The zero-order valence-electron chi connectivity index (χ0n) is 22.8. The fourth-order valence-corrected chi connectivity index (χ4v) is 8.81. The molecule has 0 unspecified atom stereocenters. The highest BCUT2D eigenvalue weighted by atomic mass is 15.3. The van der Waals surface area contributed by atoms with E-state index in [0.29, 0.717) is 0 Å². The first-order valence-corrected chi connectivity index (χ1v) is 14.9. The van der Waals surface area contributed by atoms with E-state index in [-0.39, 0.29) is 20.9 Å². The van der Waals surface area contributed by atoms with Gasteiger partial charge >= 0.3 is 20.9 Å². The van der Waals surface area contributed by atoms with Crippen LogP contribution in [0, 0.1) is 0 Å². The van der Waals surface area contributed by atoms with Crippen LogP contribution in [0.1, 0.15) is 0 Å². The van der Waals surface area contributed by atoms with E-state index in [1.807, 2.05) is 0 Å². The van der Waals surface area contributed by atoms with Gasteiger partial charge in [-0.05, 0) is 50.8 Å². The lowest BCUT2D eigenvalue weighted by atomic mass is 9.32. The van der Waals surface area contributed by atoms with Crippen LogP contribution in [0.2, 0.25) is 0 Å². The Morgan fingerprint density at radius 2 is 0.714 bits per heavy atom. The molecule has 6 aromatic rings. The van der Waals surface area contributed by atoms with Crippen molar-refractivity contribution >= 4 is 54.4 Å². The van der Waals surface area contributed by atoms with Crippen LogP contribution in [-0.4, -0.2) is 20.9 Å². The second kappa shape index (κ2) is 7.40. The Bertz CT molecular complexity index is 2000. The number of nitrogens with zero attached hydrogens (tertiary/aromatic N) is 3. The number of rotatable bonds is 0. The molecule has 0 aromatic heterocycles. The molecule has 0 bridgehead atoms. The minimum absolute atomic E-state index is 0.0320. The minimum atomic E-state index is 0.0320. The fraction of sp³-hybridized carbons (Fsp3) is 0. The molecule has 0 atom stereocenters. The predicted octanol–water partition coefficient (Wildman–Crippen LogP) is 5.63. The van der Waals surface area contributed by atoms with Gasteiger partial charge in [0.25, 0.3) is 0 Å². The standard InChI is InChI=1S/C36H22B3N3/c1-5-19-31-23(11-1)25-13-3-7-21-33(25)40-37(31)41-34-22-8-4-14-26(34)27-15-9-16-28-30-18-10-17-29-24-12-2-6-20-32(24)38(40)42(36(29)30)39(41)35(27)28/h1-22H. The summed E-state index contributed by atoms with van der Waals surface area (Å²) in [6, 6.07) is 50.2. The van der Waals surface area contributed by atoms with E-state index >= 15 is 0 Å². The molecule has 5 aliphatic heterocycles. The van der Waals surface area contributed by atoms with Crippen LogP contribution >= 0.6 is 0 Å². The molecule has 6 heteroatoms. The molecule has 1 fully saturated rings. The molecule has 0 amide bonds. The quantitative estimate of drug-likeness (QED) is 0.237. The van der Waals surface area contributed by atoms with Gasteiger partial charge in [0.15, 0.2) is 0 Å². The zero-order valence-corrected chi connectivity index (χ0v) is 22.8. The van der Waals surface area contributed by atoms with Crippen molar-refractivity contribution in [3.8, 4) is 44.5 Å². The van der Waals surface area contributed by atoms with Crippen molar-refractivity contribution in [2.45, 2.75) is 0 Å². The average molecular weight is 529 g/mol. The third-order valence-electron chi connectivity index (χ3n) is 10.2. The molecule has 5 heterocycles. The second-order valence-electron chi connectivity index (χ2n) is 12.0. The largest absolute Gasteiger partial charge is 0.416 e. The van der Waals surface area contributed by atoms with Crippen LogP contribution in [0.3, 0.4) is 0 Å². The van der Waals surface area contributed by atoms with Gasteiger partial charge in [-0.15, -0.1) is 0 Å². The van der Waals surface area contributed by atoms with E-state index in [0.717, 1.165) is 0 Å². The summed E-state index contributed by atoms with van der Waals surface area (Å²) in [7, 11) is 0. The summed E-state index contributed by atoms with van der Waals surface area (Å²) < 4.78 is 8.22. The zero-order chi connectivity index (χ0) is 27.1.